The summed E-state index contributed by atoms with van der Waals surface area (Å²) in [6.07, 6.45) is 10.5. The van der Waals surface area contributed by atoms with Gasteiger partial charge < -0.3 is 34.2 Å². The number of rotatable bonds is 24. The van der Waals surface area contributed by atoms with Gasteiger partial charge in [0.2, 0.25) is 0 Å². The summed E-state index contributed by atoms with van der Waals surface area (Å²) < 4.78 is 76.8. The predicted molar refractivity (Wildman–Crippen MR) is 296 cm³/mol. The summed E-state index contributed by atoms with van der Waals surface area (Å²) in [7, 11) is 3.16. The van der Waals surface area contributed by atoms with E-state index >= 15 is 0 Å². The molecule has 8 rings (SSSR count). The number of nitrogens with zero attached hydrogens (tertiary/aromatic N) is 2. The number of carbonyl (C=O) groups is 2. The zero-order valence-corrected chi connectivity index (χ0v) is 45.1. The van der Waals surface area contributed by atoms with Gasteiger partial charge in [-0.15, -0.1) is 0 Å². The molecule has 2 fully saturated rings. The summed E-state index contributed by atoms with van der Waals surface area (Å²) in [5, 5.41) is 0. The van der Waals surface area contributed by atoms with Crippen LogP contribution in [-0.2, 0) is 0 Å². The number of ketones is 2. The van der Waals surface area contributed by atoms with Gasteiger partial charge in [-0.1, -0.05) is 48.5 Å². The van der Waals surface area contributed by atoms with E-state index in [-0.39, 0.29) is 52.1 Å². The van der Waals surface area contributed by atoms with Crippen molar-refractivity contribution in [2.75, 3.05) is 66.7 Å². The van der Waals surface area contributed by atoms with Gasteiger partial charge in [-0.2, -0.15) is 0 Å². The van der Waals surface area contributed by atoms with Gasteiger partial charge in [-0.05, 0) is 236 Å². The molecule has 0 unspecified atom stereocenters. The summed E-state index contributed by atoms with van der Waals surface area (Å²) in [5.74, 6) is 2.67. The van der Waals surface area contributed by atoms with E-state index in [0.717, 1.165) is 126 Å². The Hall–Kier alpha value is -6.54. The number of carbonyl (C=O) groups excluding carboxylic acids is 2. The summed E-state index contributed by atoms with van der Waals surface area (Å²) in [5.41, 5.74) is 5.57. The van der Waals surface area contributed by atoms with Crippen LogP contribution < -0.4 is 18.9 Å². The van der Waals surface area contributed by atoms with Crippen LogP contribution in [0.3, 0.4) is 0 Å². The highest BCUT2D eigenvalue weighted by Crippen LogP contribution is 2.40. The normalized spacial score (nSPS) is 14.4. The number of halogens is 4. The van der Waals surface area contributed by atoms with Crippen molar-refractivity contribution in [2.45, 2.75) is 89.9 Å². The fourth-order valence-electron chi connectivity index (χ4n) is 10.8. The van der Waals surface area contributed by atoms with Gasteiger partial charge in [0.15, 0.2) is 34.6 Å². The predicted octanol–water partition coefficient (Wildman–Crippen LogP) is 13.7. The van der Waals surface area contributed by atoms with Gasteiger partial charge in [0.1, 0.15) is 23.3 Å². The van der Waals surface area contributed by atoms with E-state index in [2.05, 4.69) is 9.80 Å². The van der Waals surface area contributed by atoms with Gasteiger partial charge in [-0.3, -0.25) is 9.59 Å². The van der Waals surface area contributed by atoms with E-state index in [9.17, 15) is 27.2 Å². The molecule has 6 aromatic carbocycles. The molecular weight excluding hydrogens is 985 g/mol. The van der Waals surface area contributed by atoms with Crippen molar-refractivity contribution in [1.29, 1.82) is 0 Å². The number of hydrogen-bond donors (Lipinski definition) is 0. The van der Waals surface area contributed by atoms with Crippen molar-refractivity contribution in [3.8, 4) is 23.0 Å². The minimum absolute atomic E-state index is 0. The van der Waals surface area contributed by atoms with Crippen LogP contribution in [0.1, 0.15) is 133 Å². The number of piperidine rings is 2. The van der Waals surface area contributed by atoms with E-state index in [4.69, 9.17) is 18.9 Å². The first-order valence-electron chi connectivity index (χ1n) is 27.0. The first-order chi connectivity index (χ1) is 36.9. The van der Waals surface area contributed by atoms with Crippen LogP contribution in [0.5, 0.6) is 23.0 Å². The van der Waals surface area contributed by atoms with E-state index in [1.54, 1.807) is 50.6 Å². The quantitative estimate of drug-likeness (QED) is 0.0335. The minimum atomic E-state index is -0.239. The first-order valence-corrected chi connectivity index (χ1v) is 27.0. The van der Waals surface area contributed by atoms with Crippen LogP contribution in [0.25, 0.3) is 0 Å². The zero-order chi connectivity index (χ0) is 53.8. The van der Waals surface area contributed by atoms with E-state index in [0.29, 0.717) is 59.2 Å². The van der Waals surface area contributed by atoms with Gasteiger partial charge in [0.05, 0.1) is 27.4 Å². The highest BCUT2D eigenvalue weighted by atomic mass is 19.1. The highest BCUT2D eigenvalue weighted by molar-refractivity contribution is 5.95. The molecule has 13 heteroatoms. The summed E-state index contributed by atoms with van der Waals surface area (Å²) in [4.78, 5) is 28.2. The molecule has 9 nitrogen and oxygen atoms in total. The molecule has 2 heterocycles. The van der Waals surface area contributed by atoms with Crippen LogP contribution in [-0.4, -0.2) is 93.5 Å². The van der Waals surface area contributed by atoms with E-state index in [1.165, 1.54) is 62.4 Å². The Morgan fingerprint density at radius 1 is 0.442 bits per heavy atom. The zero-order valence-electron chi connectivity index (χ0n) is 45.1. The molecule has 0 aromatic heterocycles. The lowest BCUT2D eigenvalue weighted by Gasteiger charge is -2.36. The van der Waals surface area contributed by atoms with Crippen LogP contribution in [0, 0.1) is 35.1 Å². The van der Waals surface area contributed by atoms with Gasteiger partial charge >= 0.3 is 0 Å². The molecule has 2 aliphatic rings. The summed E-state index contributed by atoms with van der Waals surface area (Å²) in [6.45, 7) is 10.5. The third-order valence-corrected chi connectivity index (χ3v) is 15.0. The Morgan fingerprint density at radius 2 is 0.740 bits per heavy atom. The molecule has 412 valence electrons. The molecule has 0 aliphatic carbocycles. The Kier molecular flexibility index (Phi) is 23.6. The number of methoxy groups -OCH3 is 2. The molecule has 77 heavy (non-hydrogen) atoms. The average molecular weight is 1060 g/mol. The fraction of sp³-hybridized carbons (Fsp3) is 0.406. The lowest BCUT2D eigenvalue weighted by Crippen LogP contribution is -2.36. The molecule has 0 radical (unpaired) electrons. The maximum Gasteiger partial charge on any atom is 0.161 e. The van der Waals surface area contributed by atoms with Crippen molar-refractivity contribution < 1.29 is 51.6 Å². The fourth-order valence-corrected chi connectivity index (χ4v) is 10.8. The highest BCUT2D eigenvalue weighted by Gasteiger charge is 2.30. The summed E-state index contributed by atoms with van der Waals surface area (Å²) in [6, 6.07) is 37.6. The van der Waals surface area contributed by atoms with Crippen molar-refractivity contribution in [2.24, 2.45) is 11.8 Å². The molecule has 2 saturated heterocycles. The second kappa shape index (κ2) is 30.4. The molecule has 0 saturated carbocycles. The van der Waals surface area contributed by atoms with Gasteiger partial charge in [0, 0.05) is 23.0 Å². The van der Waals surface area contributed by atoms with Crippen LogP contribution in [0.2, 0.25) is 0 Å². The lowest BCUT2D eigenvalue weighted by atomic mass is 9.76. The maximum atomic E-state index is 13.6. The van der Waals surface area contributed by atoms with Crippen LogP contribution in [0.15, 0.2) is 133 Å². The van der Waals surface area contributed by atoms with E-state index in [1.807, 2.05) is 48.5 Å². The molecule has 2 N–H and O–H groups in total. The van der Waals surface area contributed by atoms with Crippen molar-refractivity contribution in [1.82, 2.24) is 9.80 Å². The van der Waals surface area contributed by atoms with Crippen molar-refractivity contribution >= 4 is 11.6 Å². The molecule has 6 aromatic rings. The van der Waals surface area contributed by atoms with Gasteiger partial charge in [0.25, 0.3) is 0 Å². The smallest absolute Gasteiger partial charge is 0.161 e. The van der Waals surface area contributed by atoms with Crippen molar-refractivity contribution in [3.05, 3.63) is 190 Å². The summed E-state index contributed by atoms with van der Waals surface area (Å²) >= 11 is 0. The number of ether oxygens (including phenoxy) is 4. The van der Waals surface area contributed by atoms with Crippen molar-refractivity contribution in [3.63, 3.8) is 0 Å². The van der Waals surface area contributed by atoms with Crippen LogP contribution in [0.4, 0.5) is 17.6 Å². The molecule has 0 atom stereocenters. The Morgan fingerprint density at radius 3 is 1.01 bits per heavy atom. The third-order valence-electron chi connectivity index (χ3n) is 15.0. The lowest BCUT2D eigenvalue weighted by molar-refractivity contribution is 0.100. The number of Topliss-reactive ketones (excluding diaryl/α,β-unsaturated/α-hetero) is 2. The molecule has 2 aliphatic heterocycles. The number of likely N-dealkylation sites (tertiary alicyclic amines) is 2. The largest absolute Gasteiger partial charge is 0.493 e. The third kappa shape index (κ3) is 17.7. The maximum absolute atomic E-state index is 13.6. The SMILES string of the molecule is COc1cc(C(C)=O)ccc1OCCCCCN1CCC(C(c2ccc(F)cc2)c2ccc(F)cc2)CC1.COc1cc(C(C)=O)ccc1OCCCCCN1CCC(C(c2ccc(F)cc2)c2ccc(F)cc2)CC1.O. The molecule has 0 spiro atoms. The topological polar surface area (TPSA) is 109 Å². The number of benzene rings is 6. The number of unbranched alkanes of at least 4 members (excludes halogenated alkanes) is 4. The monoisotopic (exact) mass is 1060 g/mol. The Bertz CT molecular complexity index is 2450. The minimum Gasteiger partial charge on any atom is -0.493 e. The molecule has 0 amide bonds. The Balaban J connectivity index is 0.000000246. The number of hydrogen-bond acceptors (Lipinski definition) is 8. The second-order valence-electron chi connectivity index (χ2n) is 20.2. The average Bonchev–Trinajstić information content (AvgIpc) is 3.43. The standard InChI is InChI=1S/2C32H37F2NO3.H2O/c2*1-23(36)27-10-15-30(31(22-27)37-2)38-21-5-3-4-18-35-19-16-26(17-20-35)32(24-6-11-28(33)12-7-24)25-8-13-29(34)14-9-25;/h2*6-15,22,26,32H,3-5,16-21H2,1-2H3;1H2. The van der Waals surface area contributed by atoms with Crippen LogP contribution >= 0.6 is 0 Å². The molecular formula is C64H76F4N2O7. The molecule has 0 bridgehead atoms. The first kappa shape index (κ1) is 59.7. The second-order valence-corrected chi connectivity index (χ2v) is 20.2. The van der Waals surface area contributed by atoms with E-state index < -0.39 is 0 Å². The Labute approximate surface area is 452 Å². The van der Waals surface area contributed by atoms with Gasteiger partial charge in [-0.25, -0.2) is 17.6 Å².